The normalized spacial score (nSPS) is 14.0. The summed E-state index contributed by atoms with van der Waals surface area (Å²) in [6.45, 7) is 4.06. The maximum atomic E-state index is 12.6. The molecular formula is C58H111NO5. The van der Waals surface area contributed by atoms with Crippen LogP contribution in [-0.4, -0.2) is 57.3 Å². The van der Waals surface area contributed by atoms with Crippen LogP contribution >= 0.6 is 0 Å². The number of hydrogen-bond acceptors (Lipinski definition) is 5. The zero-order valence-electron chi connectivity index (χ0n) is 42.8. The lowest BCUT2D eigenvalue weighted by molar-refractivity contribution is -0.132. The minimum Gasteiger partial charge on any atom is -0.394 e. The van der Waals surface area contributed by atoms with E-state index in [1.54, 1.807) is 0 Å². The summed E-state index contributed by atoms with van der Waals surface area (Å²) in [5.41, 5.74) is 0. The number of carbonyl (C=O) groups is 1. The van der Waals surface area contributed by atoms with Crippen LogP contribution in [0.4, 0.5) is 0 Å². The second-order valence-corrected chi connectivity index (χ2v) is 19.6. The van der Waals surface area contributed by atoms with Crippen molar-refractivity contribution >= 4 is 5.91 Å². The zero-order chi connectivity index (χ0) is 46.7. The summed E-state index contributed by atoms with van der Waals surface area (Å²) in [6.07, 6.45) is 65.1. The van der Waals surface area contributed by atoms with Crippen LogP contribution in [0.5, 0.6) is 0 Å². The number of aliphatic hydroxyl groups is 4. The van der Waals surface area contributed by atoms with Gasteiger partial charge in [-0.3, -0.25) is 4.79 Å². The maximum Gasteiger partial charge on any atom is 0.249 e. The molecule has 378 valence electrons. The molecule has 6 heteroatoms. The lowest BCUT2D eigenvalue weighted by Crippen LogP contribution is -2.53. The van der Waals surface area contributed by atoms with Crippen molar-refractivity contribution < 1.29 is 25.2 Å². The first-order valence-electron chi connectivity index (χ1n) is 28.4. The van der Waals surface area contributed by atoms with Crippen molar-refractivity contribution in [3.8, 4) is 0 Å². The Hall–Kier alpha value is -1.47. The summed E-state index contributed by atoms with van der Waals surface area (Å²) in [4.78, 5) is 12.6. The van der Waals surface area contributed by atoms with Crippen LogP contribution in [0.3, 0.4) is 0 Å². The molecule has 0 heterocycles. The van der Waals surface area contributed by atoms with E-state index in [1.807, 2.05) is 0 Å². The van der Waals surface area contributed by atoms with E-state index >= 15 is 0 Å². The summed E-state index contributed by atoms with van der Waals surface area (Å²) >= 11 is 0. The number of rotatable bonds is 52. The topological polar surface area (TPSA) is 110 Å². The van der Waals surface area contributed by atoms with E-state index in [2.05, 4.69) is 55.6 Å². The van der Waals surface area contributed by atoms with E-state index in [9.17, 15) is 25.2 Å². The average Bonchev–Trinajstić information content (AvgIpc) is 3.30. The van der Waals surface area contributed by atoms with E-state index in [4.69, 9.17) is 0 Å². The van der Waals surface area contributed by atoms with Gasteiger partial charge in [-0.1, -0.05) is 269 Å². The van der Waals surface area contributed by atoms with Gasteiger partial charge in [-0.2, -0.15) is 0 Å². The minimum atomic E-state index is -1.29. The Morgan fingerprint density at radius 3 is 0.984 bits per heavy atom. The Morgan fingerprint density at radius 1 is 0.375 bits per heavy atom. The largest absolute Gasteiger partial charge is 0.394 e. The smallest absolute Gasteiger partial charge is 0.249 e. The fraction of sp³-hybridized carbons (Fsp3) is 0.879. The Labute approximate surface area is 398 Å². The van der Waals surface area contributed by atoms with Crippen molar-refractivity contribution in [1.29, 1.82) is 0 Å². The molecule has 0 aliphatic carbocycles. The summed E-state index contributed by atoms with van der Waals surface area (Å²) in [6, 6.07) is -1.01. The minimum absolute atomic E-state index is 0.361. The predicted molar refractivity (Wildman–Crippen MR) is 279 cm³/mol. The van der Waals surface area contributed by atoms with Crippen molar-refractivity contribution in [2.24, 2.45) is 0 Å². The molecule has 0 spiro atoms. The molecule has 5 N–H and O–H groups in total. The van der Waals surface area contributed by atoms with Crippen LogP contribution in [0.15, 0.2) is 36.5 Å². The number of amides is 1. The van der Waals surface area contributed by atoms with Gasteiger partial charge in [0, 0.05) is 0 Å². The van der Waals surface area contributed by atoms with E-state index in [0.29, 0.717) is 19.3 Å². The lowest BCUT2D eigenvalue weighted by Gasteiger charge is -2.27. The molecule has 4 unspecified atom stereocenters. The van der Waals surface area contributed by atoms with Gasteiger partial charge in [0.1, 0.15) is 12.2 Å². The van der Waals surface area contributed by atoms with Gasteiger partial charge in [0.15, 0.2) is 0 Å². The third-order valence-corrected chi connectivity index (χ3v) is 13.3. The van der Waals surface area contributed by atoms with Gasteiger partial charge < -0.3 is 25.7 Å². The Bertz CT molecular complexity index is 1010. The molecule has 1 amide bonds. The first-order chi connectivity index (χ1) is 31.5. The fourth-order valence-corrected chi connectivity index (χ4v) is 8.85. The second-order valence-electron chi connectivity index (χ2n) is 19.6. The molecule has 0 saturated heterocycles. The molecule has 0 aromatic heterocycles. The molecule has 0 aliphatic heterocycles. The molecule has 6 nitrogen and oxygen atoms in total. The predicted octanol–water partition coefficient (Wildman–Crippen LogP) is 16.4. The van der Waals surface area contributed by atoms with Crippen LogP contribution in [0.25, 0.3) is 0 Å². The highest BCUT2D eigenvalue weighted by Crippen LogP contribution is 2.17. The summed E-state index contributed by atoms with van der Waals surface area (Å²) < 4.78 is 0. The van der Waals surface area contributed by atoms with E-state index in [1.165, 1.54) is 212 Å². The second kappa shape index (κ2) is 52.5. The lowest BCUT2D eigenvalue weighted by atomic mass is 10.00. The Balaban J connectivity index is 3.67. The molecule has 0 aliphatic rings. The van der Waals surface area contributed by atoms with Crippen molar-refractivity contribution in [3.63, 3.8) is 0 Å². The number of unbranched alkanes of at least 4 members (excludes halogenated alkanes) is 37. The highest BCUT2D eigenvalue weighted by molar-refractivity contribution is 5.80. The number of hydrogen-bond donors (Lipinski definition) is 5. The highest BCUT2D eigenvalue weighted by Gasteiger charge is 2.28. The summed E-state index contributed by atoms with van der Waals surface area (Å²) in [7, 11) is 0. The zero-order valence-corrected chi connectivity index (χ0v) is 42.8. The third-order valence-electron chi connectivity index (χ3n) is 13.3. The SMILES string of the molecule is CCCCCCCCCCCCCCCCCCCCC/C=C/CC/C=C/CC/C=C/CCCC(O)C(O)C(CO)NC(=O)C(O)CCCCCCCCCCCCCCCCCC. The Kier molecular flexibility index (Phi) is 51.3. The van der Waals surface area contributed by atoms with Crippen LogP contribution < -0.4 is 5.32 Å². The molecule has 0 aromatic carbocycles. The number of aliphatic hydroxyl groups excluding tert-OH is 4. The molecule has 0 saturated carbocycles. The summed E-state index contributed by atoms with van der Waals surface area (Å²) in [5.74, 6) is -0.596. The summed E-state index contributed by atoms with van der Waals surface area (Å²) in [5, 5.41) is 43.9. The van der Waals surface area contributed by atoms with Crippen molar-refractivity contribution in [1.82, 2.24) is 5.32 Å². The van der Waals surface area contributed by atoms with Gasteiger partial charge in [-0.05, 0) is 64.2 Å². The molecule has 64 heavy (non-hydrogen) atoms. The van der Waals surface area contributed by atoms with Crippen molar-refractivity contribution in [2.45, 2.75) is 321 Å². The number of nitrogens with one attached hydrogen (secondary N) is 1. The molecule has 0 fully saturated rings. The van der Waals surface area contributed by atoms with Gasteiger partial charge >= 0.3 is 0 Å². The first-order valence-corrected chi connectivity index (χ1v) is 28.4. The number of allylic oxidation sites excluding steroid dienone is 6. The first kappa shape index (κ1) is 62.5. The Morgan fingerprint density at radius 2 is 0.656 bits per heavy atom. The van der Waals surface area contributed by atoms with Gasteiger partial charge in [-0.25, -0.2) is 0 Å². The standard InChI is InChI=1S/C58H111NO5/c1-3-5-7-9-11-13-15-17-19-21-22-23-24-25-26-27-28-29-30-31-32-33-34-35-36-38-39-41-43-45-47-49-51-55(61)57(63)54(53-60)59-58(64)56(62)52-50-48-46-44-42-40-37-20-18-16-14-12-10-8-6-4-2/h32-33,36,38,43,45,54-57,60-63H,3-31,34-35,37,39-42,44,46-53H2,1-2H3,(H,59,64)/b33-32+,38-36+,45-43+. The molecular weight excluding hydrogens is 791 g/mol. The van der Waals surface area contributed by atoms with Crippen LogP contribution in [0.1, 0.15) is 296 Å². The third kappa shape index (κ3) is 45.7. The van der Waals surface area contributed by atoms with Crippen LogP contribution in [0.2, 0.25) is 0 Å². The highest BCUT2D eigenvalue weighted by atomic mass is 16.3. The molecule has 0 radical (unpaired) electrons. The molecule has 4 atom stereocenters. The molecule has 0 aromatic rings. The van der Waals surface area contributed by atoms with Gasteiger partial charge in [0.25, 0.3) is 0 Å². The fourth-order valence-electron chi connectivity index (χ4n) is 8.85. The monoisotopic (exact) mass is 902 g/mol. The van der Waals surface area contributed by atoms with E-state index in [0.717, 1.165) is 51.4 Å². The van der Waals surface area contributed by atoms with Crippen molar-refractivity contribution in [2.75, 3.05) is 6.61 Å². The maximum absolute atomic E-state index is 12.6. The van der Waals surface area contributed by atoms with Crippen LogP contribution in [0, 0.1) is 0 Å². The molecule has 0 bridgehead atoms. The quantitative estimate of drug-likeness (QED) is 0.0309. The van der Waals surface area contributed by atoms with Crippen LogP contribution in [-0.2, 0) is 4.79 Å². The van der Waals surface area contributed by atoms with Crippen molar-refractivity contribution in [3.05, 3.63) is 36.5 Å². The average molecular weight is 903 g/mol. The van der Waals surface area contributed by atoms with Gasteiger partial charge in [0.05, 0.1) is 18.8 Å². The van der Waals surface area contributed by atoms with Gasteiger partial charge in [-0.15, -0.1) is 0 Å². The molecule has 0 rings (SSSR count). The number of carbonyl (C=O) groups excluding carboxylic acids is 1. The van der Waals surface area contributed by atoms with E-state index in [-0.39, 0.29) is 0 Å². The van der Waals surface area contributed by atoms with E-state index < -0.39 is 36.9 Å². The van der Waals surface area contributed by atoms with Gasteiger partial charge in [0.2, 0.25) is 5.91 Å².